The normalized spacial score (nSPS) is 22.6. The Morgan fingerprint density at radius 1 is 0.966 bits per heavy atom. The minimum Gasteiger partial charge on any atom is -0.353 e. The fraction of sp³-hybridized carbons (Fsp3) is 0.696. The van der Waals surface area contributed by atoms with Gasteiger partial charge in [-0.3, -0.25) is 4.79 Å². The van der Waals surface area contributed by atoms with Crippen LogP contribution in [0, 0.1) is 5.92 Å². The van der Waals surface area contributed by atoms with Crippen LogP contribution < -0.4 is 5.32 Å². The first-order valence-electron chi connectivity index (χ1n) is 11.4. The van der Waals surface area contributed by atoms with Crippen LogP contribution in [0.25, 0.3) is 0 Å². The fourth-order valence-corrected chi connectivity index (χ4v) is 6.14. The molecule has 6 heteroatoms. The van der Waals surface area contributed by atoms with Gasteiger partial charge >= 0.3 is 0 Å². The van der Waals surface area contributed by atoms with Crippen molar-refractivity contribution in [3.63, 3.8) is 0 Å². The van der Waals surface area contributed by atoms with Gasteiger partial charge in [-0.15, -0.1) is 0 Å². The summed E-state index contributed by atoms with van der Waals surface area (Å²) < 4.78 is 27.2. The first-order chi connectivity index (χ1) is 14.0. The maximum Gasteiger partial charge on any atom is 0.224 e. The molecule has 5 nitrogen and oxygen atoms in total. The third-order valence-electron chi connectivity index (χ3n) is 6.31. The second-order valence-corrected chi connectivity index (χ2v) is 10.7. The van der Waals surface area contributed by atoms with Gasteiger partial charge in [-0.1, -0.05) is 62.4 Å². The van der Waals surface area contributed by atoms with E-state index in [1.54, 1.807) is 4.31 Å². The molecular formula is C23H36N2O3S. The molecule has 0 spiro atoms. The Hall–Kier alpha value is -1.40. The van der Waals surface area contributed by atoms with Gasteiger partial charge in [-0.25, -0.2) is 12.7 Å². The summed E-state index contributed by atoms with van der Waals surface area (Å²) in [7, 11) is -3.31. The van der Waals surface area contributed by atoms with E-state index in [9.17, 15) is 13.2 Å². The molecule has 0 aromatic heterocycles. The van der Waals surface area contributed by atoms with E-state index in [2.05, 4.69) is 5.32 Å². The molecule has 0 unspecified atom stereocenters. The second-order valence-electron chi connectivity index (χ2n) is 8.65. The Morgan fingerprint density at radius 2 is 1.66 bits per heavy atom. The molecule has 1 aliphatic carbocycles. The number of carbonyl (C=O) groups is 1. The van der Waals surface area contributed by atoms with Crippen LogP contribution in [0.3, 0.4) is 0 Å². The number of piperidine rings is 1. The standard InChI is InChI=1S/C23H36N2O3S/c26-23(24-22-15-7-2-1-3-8-16-22)21-14-9-17-25(19-21)29(27,28)18-10-13-20-11-5-4-6-12-20/h4-6,11-12,21-22H,1-3,7-10,13-19H2,(H,24,26)/t21-/m1/s1. The summed E-state index contributed by atoms with van der Waals surface area (Å²) in [5, 5.41) is 3.23. The molecule has 1 heterocycles. The van der Waals surface area contributed by atoms with E-state index < -0.39 is 10.0 Å². The Morgan fingerprint density at radius 3 is 2.38 bits per heavy atom. The smallest absolute Gasteiger partial charge is 0.224 e. The number of nitrogens with zero attached hydrogens (tertiary/aromatic N) is 1. The number of rotatable bonds is 7. The minimum absolute atomic E-state index is 0.0553. The molecule has 0 bridgehead atoms. The van der Waals surface area contributed by atoms with Crippen molar-refractivity contribution >= 4 is 15.9 Å². The predicted molar refractivity (Wildman–Crippen MR) is 117 cm³/mol. The Bertz CT molecular complexity index is 728. The van der Waals surface area contributed by atoms with E-state index in [1.807, 2.05) is 30.3 Å². The molecule has 1 aliphatic heterocycles. The Balaban J connectivity index is 1.48. The molecule has 1 atom stereocenters. The van der Waals surface area contributed by atoms with Crippen LogP contribution in [0.5, 0.6) is 0 Å². The highest BCUT2D eigenvalue weighted by molar-refractivity contribution is 7.89. The average Bonchev–Trinajstić information content (AvgIpc) is 2.70. The van der Waals surface area contributed by atoms with Gasteiger partial charge in [0, 0.05) is 19.1 Å². The number of aryl methyl sites for hydroxylation is 1. The van der Waals surface area contributed by atoms with Crippen molar-refractivity contribution in [2.75, 3.05) is 18.8 Å². The number of benzene rings is 1. The van der Waals surface area contributed by atoms with Crippen molar-refractivity contribution < 1.29 is 13.2 Å². The number of carbonyl (C=O) groups excluding carboxylic acids is 1. The highest BCUT2D eigenvalue weighted by Gasteiger charge is 2.32. The highest BCUT2D eigenvalue weighted by atomic mass is 32.2. The van der Waals surface area contributed by atoms with Crippen molar-refractivity contribution in [1.29, 1.82) is 0 Å². The van der Waals surface area contributed by atoms with Crippen molar-refractivity contribution in [2.45, 2.75) is 76.7 Å². The van der Waals surface area contributed by atoms with Gasteiger partial charge in [0.05, 0.1) is 11.7 Å². The maximum absolute atomic E-state index is 12.8. The topological polar surface area (TPSA) is 66.5 Å². The van der Waals surface area contributed by atoms with E-state index in [-0.39, 0.29) is 23.6 Å². The zero-order chi connectivity index (χ0) is 20.5. The van der Waals surface area contributed by atoms with Gasteiger partial charge in [0.25, 0.3) is 0 Å². The Kier molecular flexibility index (Phi) is 8.54. The summed E-state index contributed by atoms with van der Waals surface area (Å²) in [6.07, 6.45) is 11.2. The van der Waals surface area contributed by atoms with Crippen LogP contribution in [0.1, 0.15) is 69.8 Å². The van der Waals surface area contributed by atoms with Crippen LogP contribution in [-0.4, -0.2) is 43.5 Å². The number of sulfonamides is 1. The minimum atomic E-state index is -3.31. The lowest BCUT2D eigenvalue weighted by Crippen LogP contribution is -2.48. The molecule has 1 saturated carbocycles. The first-order valence-corrected chi connectivity index (χ1v) is 13.0. The number of hydrogen-bond donors (Lipinski definition) is 1. The van der Waals surface area contributed by atoms with Gasteiger partial charge in [-0.2, -0.15) is 0 Å². The summed E-state index contributed by atoms with van der Waals surface area (Å²) in [4.78, 5) is 12.8. The summed E-state index contributed by atoms with van der Waals surface area (Å²) in [5.74, 6) is -0.00313. The SMILES string of the molecule is O=C(NC1CCCCCCC1)[C@@H]1CCCN(S(=O)(=O)CCCc2ccccc2)C1. The van der Waals surface area contributed by atoms with Gasteiger partial charge in [0.15, 0.2) is 0 Å². The molecule has 162 valence electrons. The lowest BCUT2D eigenvalue weighted by atomic mass is 9.94. The van der Waals surface area contributed by atoms with E-state index in [1.165, 1.54) is 32.1 Å². The monoisotopic (exact) mass is 420 g/mol. The van der Waals surface area contributed by atoms with E-state index in [0.717, 1.165) is 37.7 Å². The highest BCUT2D eigenvalue weighted by Crippen LogP contribution is 2.22. The molecule has 3 rings (SSSR count). The molecule has 29 heavy (non-hydrogen) atoms. The molecular weight excluding hydrogens is 384 g/mol. The first kappa shape index (κ1) is 22.3. The third-order valence-corrected chi connectivity index (χ3v) is 8.23. The van der Waals surface area contributed by atoms with Crippen molar-refractivity contribution in [1.82, 2.24) is 9.62 Å². The molecule has 1 amide bonds. The lowest BCUT2D eigenvalue weighted by Gasteiger charge is -2.32. The quantitative estimate of drug-likeness (QED) is 0.728. The molecule has 2 fully saturated rings. The number of hydrogen-bond acceptors (Lipinski definition) is 3. The summed E-state index contributed by atoms with van der Waals surface area (Å²) in [6, 6.07) is 10.3. The number of nitrogens with one attached hydrogen (secondary N) is 1. The van der Waals surface area contributed by atoms with Crippen LogP contribution in [0.2, 0.25) is 0 Å². The molecule has 1 aromatic carbocycles. The molecule has 1 aromatic rings. The van der Waals surface area contributed by atoms with Crippen molar-refractivity contribution in [3.8, 4) is 0 Å². The van der Waals surface area contributed by atoms with E-state index in [4.69, 9.17) is 0 Å². The largest absolute Gasteiger partial charge is 0.353 e. The summed E-state index contributed by atoms with van der Waals surface area (Å²) >= 11 is 0. The second kappa shape index (κ2) is 11.1. The average molecular weight is 421 g/mol. The maximum atomic E-state index is 12.8. The molecule has 1 saturated heterocycles. The fourth-order valence-electron chi connectivity index (χ4n) is 4.56. The predicted octanol–water partition coefficient (Wildman–Crippen LogP) is 3.89. The third kappa shape index (κ3) is 7.10. The molecule has 0 radical (unpaired) electrons. The van der Waals surface area contributed by atoms with Crippen LogP contribution in [-0.2, 0) is 21.2 Å². The zero-order valence-corrected chi connectivity index (χ0v) is 18.3. The molecule has 1 N–H and O–H groups in total. The van der Waals surface area contributed by atoms with Crippen LogP contribution in [0.4, 0.5) is 0 Å². The summed E-state index contributed by atoms with van der Waals surface area (Å²) in [5.41, 5.74) is 1.16. The van der Waals surface area contributed by atoms with E-state index >= 15 is 0 Å². The molecule has 2 aliphatic rings. The Labute approximate surface area is 176 Å². The lowest BCUT2D eigenvalue weighted by molar-refractivity contribution is -0.126. The zero-order valence-electron chi connectivity index (χ0n) is 17.5. The van der Waals surface area contributed by atoms with Crippen LogP contribution >= 0.6 is 0 Å². The van der Waals surface area contributed by atoms with Gasteiger partial charge < -0.3 is 5.32 Å². The van der Waals surface area contributed by atoms with Crippen LogP contribution in [0.15, 0.2) is 30.3 Å². The van der Waals surface area contributed by atoms with E-state index in [0.29, 0.717) is 19.5 Å². The van der Waals surface area contributed by atoms with Gasteiger partial charge in [-0.05, 0) is 44.1 Å². The number of amides is 1. The summed E-state index contributed by atoms with van der Waals surface area (Å²) in [6.45, 7) is 0.882. The van der Waals surface area contributed by atoms with Gasteiger partial charge in [0.1, 0.15) is 0 Å². The van der Waals surface area contributed by atoms with Gasteiger partial charge in [0.2, 0.25) is 15.9 Å². The van der Waals surface area contributed by atoms with Crippen molar-refractivity contribution in [3.05, 3.63) is 35.9 Å². The van der Waals surface area contributed by atoms with Crippen molar-refractivity contribution in [2.24, 2.45) is 5.92 Å².